The van der Waals surface area contributed by atoms with Crippen molar-refractivity contribution in [1.29, 1.82) is 0 Å². The summed E-state index contributed by atoms with van der Waals surface area (Å²) in [4.78, 5) is 29.8. The van der Waals surface area contributed by atoms with Gasteiger partial charge in [-0.2, -0.15) is 0 Å². The summed E-state index contributed by atoms with van der Waals surface area (Å²) >= 11 is 0. The SMILES string of the molecule is C=C(NC1=C(c2ccc(NC(=O)[C@H]3CCCC[C@@H]3C(C)=O)c(C)c2)CN=C1C)O[C@H](C)c1ccccc1C. The number of ether oxygens (including phenoxy) is 1. The quantitative estimate of drug-likeness (QED) is 0.367. The second-order valence-electron chi connectivity index (χ2n) is 10.5. The largest absolute Gasteiger partial charge is 0.472 e. The predicted octanol–water partition coefficient (Wildman–Crippen LogP) is 6.66. The topological polar surface area (TPSA) is 79.8 Å². The maximum absolute atomic E-state index is 13.1. The van der Waals surface area contributed by atoms with E-state index in [9.17, 15) is 9.59 Å². The van der Waals surface area contributed by atoms with Crippen LogP contribution < -0.4 is 10.6 Å². The van der Waals surface area contributed by atoms with Crippen LogP contribution in [-0.2, 0) is 14.3 Å². The monoisotopic (exact) mass is 513 g/mol. The first-order valence-corrected chi connectivity index (χ1v) is 13.5. The van der Waals surface area contributed by atoms with Crippen molar-refractivity contribution in [2.75, 3.05) is 11.9 Å². The lowest BCUT2D eigenvalue weighted by atomic mass is 9.76. The minimum atomic E-state index is -0.252. The number of ketones is 1. The van der Waals surface area contributed by atoms with Gasteiger partial charge in [-0.05, 0) is 88.4 Å². The second kappa shape index (κ2) is 11.8. The van der Waals surface area contributed by atoms with Gasteiger partial charge in [0, 0.05) is 23.1 Å². The smallest absolute Gasteiger partial charge is 0.228 e. The van der Waals surface area contributed by atoms with Crippen molar-refractivity contribution in [3.8, 4) is 0 Å². The molecule has 0 radical (unpaired) electrons. The van der Waals surface area contributed by atoms with Crippen molar-refractivity contribution < 1.29 is 14.3 Å². The molecule has 38 heavy (non-hydrogen) atoms. The number of nitrogens with one attached hydrogen (secondary N) is 2. The molecule has 1 aliphatic carbocycles. The molecule has 0 bridgehead atoms. The highest BCUT2D eigenvalue weighted by molar-refractivity contribution is 6.08. The Morgan fingerprint density at radius 1 is 1.00 bits per heavy atom. The highest BCUT2D eigenvalue weighted by atomic mass is 16.5. The number of aliphatic imine (C=N–C) groups is 1. The van der Waals surface area contributed by atoms with Gasteiger partial charge in [-0.1, -0.05) is 43.2 Å². The van der Waals surface area contributed by atoms with Gasteiger partial charge in [-0.25, -0.2) is 0 Å². The third-order valence-corrected chi connectivity index (χ3v) is 7.81. The predicted molar refractivity (Wildman–Crippen MR) is 154 cm³/mol. The van der Waals surface area contributed by atoms with Crippen LogP contribution in [0.2, 0.25) is 0 Å². The highest BCUT2D eigenvalue weighted by Gasteiger charge is 2.34. The Hall–Kier alpha value is -3.67. The number of allylic oxidation sites excluding steroid dienone is 1. The van der Waals surface area contributed by atoms with E-state index < -0.39 is 0 Å². The van der Waals surface area contributed by atoms with Crippen LogP contribution in [0.1, 0.15) is 74.8 Å². The van der Waals surface area contributed by atoms with E-state index in [0.29, 0.717) is 12.4 Å². The van der Waals surface area contributed by atoms with Gasteiger partial charge in [0.1, 0.15) is 11.9 Å². The number of hydrogen-bond donors (Lipinski definition) is 2. The molecule has 0 saturated heterocycles. The van der Waals surface area contributed by atoms with E-state index >= 15 is 0 Å². The third-order valence-electron chi connectivity index (χ3n) is 7.81. The first-order chi connectivity index (χ1) is 18.2. The minimum absolute atomic E-state index is 0.0569. The zero-order valence-corrected chi connectivity index (χ0v) is 23.2. The van der Waals surface area contributed by atoms with Crippen LogP contribution in [-0.4, -0.2) is 23.9 Å². The molecule has 200 valence electrons. The zero-order valence-electron chi connectivity index (χ0n) is 23.2. The molecule has 1 fully saturated rings. The van der Waals surface area contributed by atoms with Gasteiger partial charge in [0.05, 0.1) is 18.0 Å². The number of amides is 1. The Morgan fingerprint density at radius 2 is 1.71 bits per heavy atom. The van der Waals surface area contributed by atoms with E-state index in [-0.39, 0.29) is 29.6 Å². The number of nitrogens with zero attached hydrogens (tertiary/aromatic N) is 1. The maximum atomic E-state index is 13.1. The summed E-state index contributed by atoms with van der Waals surface area (Å²) in [6.45, 7) is 14.3. The Bertz CT molecular complexity index is 1310. The Kier molecular flexibility index (Phi) is 8.50. The lowest BCUT2D eigenvalue weighted by molar-refractivity contribution is -0.131. The highest BCUT2D eigenvalue weighted by Crippen LogP contribution is 2.33. The Balaban J connectivity index is 1.48. The van der Waals surface area contributed by atoms with Gasteiger partial charge >= 0.3 is 0 Å². The maximum Gasteiger partial charge on any atom is 0.228 e. The molecule has 1 saturated carbocycles. The average molecular weight is 514 g/mol. The number of hydrogen-bond acceptors (Lipinski definition) is 5. The molecule has 2 aliphatic rings. The number of aryl methyl sites for hydroxylation is 2. The van der Waals surface area contributed by atoms with Gasteiger partial charge in [0.15, 0.2) is 5.88 Å². The van der Waals surface area contributed by atoms with E-state index in [4.69, 9.17) is 4.74 Å². The number of rotatable bonds is 9. The van der Waals surface area contributed by atoms with Crippen molar-refractivity contribution in [3.63, 3.8) is 0 Å². The van der Waals surface area contributed by atoms with Crippen LogP contribution in [0.25, 0.3) is 5.57 Å². The van der Waals surface area contributed by atoms with E-state index in [0.717, 1.165) is 65.0 Å². The van der Waals surface area contributed by atoms with E-state index in [2.05, 4.69) is 47.3 Å². The summed E-state index contributed by atoms with van der Waals surface area (Å²) < 4.78 is 6.12. The summed E-state index contributed by atoms with van der Waals surface area (Å²) in [5.41, 5.74) is 7.92. The van der Waals surface area contributed by atoms with Gasteiger partial charge in [-0.3, -0.25) is 14.6 Å². The van der Waals surface area contributed by atoms with E-state index in [1.54, 1.807) is 6.92 Å². The van der Waals surface area contributed by atoms with Crippen molar-refractivity contribution in [1.82, 2.24) is 5.32 Å². The molecule has 6 nitrogen and oxygen atoms in total. The van der Waals surface area contributed by atoms with Gasteiger partial charge < -0.3 is 15.4 Å². The molecule has 1 aliphatic heterocycles. The molecule has 2 N–H and O–H groups in total. The molecule has 0 unspecified atom stereocenters. The molecule has 2 aromatic carbocycles. The second-order valence-corrected chi connectivity index (χ2v) is 10.5. The van der Waals surface area contributed by atoms with E-state index in [1.807, 2.05) is 45.0 Å². The number of carbonyl (C=O) groups excluding carboxylic acids is 2. The summed E-state index contributed by atoms with van der Waals surface area (Å²) in [5.74, 6) is 0.0955. The molecule has 0 aromatic heterocycles. The molecular formula is C32H39N3O3. The lowest BCUT2D eigenvalue weighted by Crippen LogP contribution is -2.35. The fourth-order valence-electron chi connectivity index (χ4n) is 5.61. The van der Waals surface area contributed by atoms with Gasteiger partial charge in [-0.15, -0.1) is 0 Å². The van der Waals surface area contributed by atoms with E-state index in [1.165, 1.54) is 5.56 Å². The first-order valence-electron chi connectivity index (χ1n) is 13.5. The van der Waals surface area contributed by atoms with Gasteiger partial charge in [0.2, 0.25) is 5.91 Å². The number of carbonyl (C=O) groups is 2. The van der Waals surface area contributed by atoms with Crippen LogP contribution in [0.5, 0.6) is 0 Å². The lowest BCUT2D eigenvalue weighted by Gasteiger charge is -2.29. The fraction of sp³-hybridized carbons (Fsp3) is 0.406. The van der Waals surface area contributed by atoms with Crippen LogP contribution in [0.15, 0.2) is 65.6 Å². The summed E-state index contributed by atoms with van der Waals surface area (Å²) in [6.07, 6.45) is 3.42. The molecule has 4 rings (SSSR count). The van der Waals surface area contributed by atoms with Crippen molar-refractivity contribution in [2.45, 2.75) is 66.4 Å². The van der Waals surface area contributed by atoms with Crippen LogP contribution in [0.3, 0.4) is 0 Å². The fourth-order valence-corrected chi connectivity index (χ4v) is 5.61. The summed E-state index contributed by atoms with van der Waals surface area (Å²) in [5, 5.41) is 6.44. The molecule has 2 aromatic rings. The van der Waals surface area contributed by atoms with Gasteiger partial charge in [0.25, 0.3) is 0 Å². The number of Topliss-reactive ketones (excluding diaryl/α,β-unsaturated/α-hetero) is 1. The molecular weight excluding hydrogens is 474 g/mol. The average Bonchev–Trinajstić information content (AvgIpc) is 3.24. The van der Waals surface area contributed by atoms with Crippen LogP contribution >= 0.6 is 0 Å². The van der Waals surface area contributed by atoms with Crippen LogP contribution in [0.4, 0.5) is 5.69 Å². The third kappa shape index (κ3) is 6.07. The van der Waals surface area contributed by atoms with Crippen molar-refractivity contribution in [3.05, 3.63) is 82.9 Å². The number of anilines is 1. The molecule has 0 spiro atoms. The Morgan fingerprint density at radius 3 is 2.39 bits per heavy atom. The number of benzene rings is 2. The normalized spacial score (nSPS) is 20.0. The molecule has 1 heterocycles. The zero-order chi connectivity index (χ0) is 27.4. The first kappa shape index (κ1) is 27.4. The van der Waals surface area contributed by atoms with Crippen molar-refractivity contribution in [2.24, 2.45) is 16.8 Å². The summed E-state index contributed by atoms with van der Waals surface area (Å²) in [6, 6.07) is 14.2. The molecule has 6 heteroatoms. The minimum Gasteiger partial charge on any atom is -0.472 e. The summed E-state index contributed by atoms with van der Waals surface area (Å²) in [7, 11) is 0. The molecule has 3 atom stereocenters. The van der Waals surface area contributed by atoms with Crippen molar-refractivity contribution >= 4 is 28.7 Å². The molecule has 1 amide bonds. The van der Waals surface area contributed by atoms with Crippen LogP contribution in [0, 0.1) is 25.7 Å². The standard InChI is InChI=1S/C32H39N3O3/c1-19-11-7-8-12-26(19)23(5)38-24(6)34-31-21(3)33-18-29(31)25-15-16-30(20(2)17-25)35-32(37)28-14-10-9-13-27(28)22(4)36/h7-8,11-12,15-17,23,27-28,34H,6,9-10,13-14,18H2,1-5H3,(H,35,37)/t23-,27-,28+/m1/s1. The Labute approximate surface area is 226 Å².